The maximum Gasteiger partial charge on any atom is 0.291 e. The highest BCUT2D eigenvalue weighted by molar-refractivity contribution is 6.33. The van der Waals surface area contributed by atoms with E-state index in [9.17, 15) is 4.79 Å². The van der Waals surface area contributed by atoms with Crippen LogP contribution in [0.4, 0.5) is 11.4 Å². The Labute approximate surface area is 134 Å². The molecule has 1 aliphatic rings. The second-order valence-corrected chi connectivity index (χ2v) is 5.95. The Hall–Kier alpha value is -1.98. The Kier molecular flexibility index (Phi) is 4.36. The molecule has 1 aliphatic heterocycles. The number of hydrogen-bond acceptors (Lipinski definition) is 3. The third-order valence-electron chi connectivity index (χ3n) is 3.91. The Balaban J connectivity index is 1.71. The molecule has 1 fully saturated rings. The number of carbonyl (C=O) groups is 1. The summed E-state index contributed by atoms with van der Waals surface area (Å²) < 4.78 is 5.07. The number of carbonyl (C=O) groups excluding carboxylic acids is 1. The number of amides is 1. The number of benzene rings is 1. The zero-order chi connectivity index (χ0) is 15.5. The molecule has 0 saturated carbocycles. The number of nitrogens with one attached hydrogen (secondary N) is 2. The molecule has 5 nitrogen and oxygen atoms in total. The van der Waals surface area contributed by atoms with E-state index in [4.69, 9.17) is 16.0 Å². The second-order valence-electron chi connectivity index (χ2n) is 5.54. The normalized spacial score (nSPS) is 15.8. The van der Waals surface area contributed by atoms with Crippen molar-refractivity contribution in [3.05, 3.63) is 47.4 Å². The van der Waals surface area contributed by atoms with Crippen molar-refractivity contribution in [2.24, 2.45) is 0 Å². The maximum absolute atomic E-state index is 11.9. The summed E-state index contributed by atoms with van der Waals surface area (Å²) in [6, 6.07) is 8.91. The van der Waals surface area contributed by atoms with Gasteiger partial charge in [0.15, 0.2) is 5.76 Å². The van der Waals surface area contributed by atoms with E-state index in [2.05, 4.69) is 17.3 Å². The maximum atomic E-state index is 11.9. The third-order valence-corrected chi connectivity index (χ3v) is 4.21. The molecule has 0 spiro atoms. The lowest BCUT2D eigenvalue weighted by Crippen LogP contribution is -3.12. The molecule has 0 atom stereocenters. The predicted octanol–water partition coefficient (Wildman–Crippen LogP) is 1.52. The van der Waals surface area contributed by atoms with Gasteiger partial charge in [0.05, 0.1) is 50.2 Å². The highest BCUT2D eigenvalue weighted by atomic mass is 35.5. The van der Waals surface area contributed by atoms with Gasteiger partial charge in [0.25, 0.3) is 5.91 Å². The van der Waals surface area contributed by atoms with E-state index in [0.29, 0.717) is 10.7 Å². The summed E-state index contributed by atoms with van der Waals surface area (Å²) in [5, 5.41) is 3.43. The zero-order valence-electron chi connectivity index (χ0n) is 12.4. The molecular weight excluding hydrogens is 302 g/mol. The van der Waals surface area contributed by atoms with E-state index in [0.717, 1.165) is 31.9 Å². The van der Waals surface area contributed by atoms with Gasteiger partial charge in [-0.2, -0.15) is 0 Å². The molecule has 0 unspecified atom stereocenters. The first-order valence-electron chi connectivity index (χ1n) is 7.34. The summed E-state index contributed by atoms with van der Waals surface area (Å²) in [5.74, 6) is -0.000689. The fourth-order valence-corrected chi connectivity index (χ4v) is 2.87. The number of piperazine rings is 1. The van der Waals surface area contributed by atoms with Gasteiger partial charge in [0.2, 0.25) is 0 Å². The number of rotatable bonds is 3. The minimum absolute atomic E-state index is 0.280. The quantitative estimate of drug-likeness (QED) is 0.901. The van der Waals surface area contributed by atoms with Gasteiger partial charge in [-0.25, -0.2) is 0 Å². The number of anilines is 2. The van der Waals surface area contributed by atoms with E-state index in [1.54, 1.807) is 18.2 Å². The Morgan fingerprint density at radius 1 is 1.32 bits per heavy atom. The van der Waals surface area contributed by atoms with Crippen LogP contribution in [0.2, 0.25) is 5.02 Å². The molecule has 116 valence electrons. The van der Waals surface area contributed by atoms with Gasteiger partial charge in [0.1, 0.15) is 0 Å². The van der Waals surface area contributed by atoms with Crippen LogP contribution in [0.25, 0.3) is 0 Å². The van der Waals surface area contributed by atoms with E-state index in [1.807, 2.05) is 12.1 Å². The Morgan fingerprint density at radius 3 is 2.73 bits per heavy atom. The van der Waals surface area contributed by atoms with Crippen LogP contribution in [0.15, 0.2) is 41.0 Å². The molecule has 6 heteroatoms. The van der Waals surface area contributed by atoms with Gasteiger partial charge in [-0.15, -0.1) is 0 Å². The van der Waals surface area contributed by atoms with Crippen molar-refractivity contribution in [1.29, 1.82) is 0 Å². The first-order chi connectivity index (χ1) is 10.6. The largest absolute Gasteiger partial charge is 0.459 e. The molecule has 2 heterocycles. The molecule has 1 aromatic heterocycles. The van der Waals surface area contributed by atoms with E-state index < -0.39 is 0 Å². The number of likely N-dealkylation sites (N-methyl/N-ethyl adjacent to an activating group) is 1. The van der Waals surface area contributed by atoms with Gasteiger partial charge in [-0.05, 0) is 30.3 Å². The van der Waals surface area contributed by atoms with Crippen molar-refractivity contribution in [2.75, 3.05) is 43.4 Å². The molecular formula is C16H19ClN3O2+. The fourth-order valence-electron chi connectivity index (χ4n) is 2.57. The molecule has 1 aromatic carbocycles. The van der Waals surface area contributed by atoms with Gasteiger partial charge < -0.3 is 19.5 Å². The van der Waals surface area contributed by atoms with Crippen LogP contribution in [0.1, 0.15) is 10.6 Å². The molecule has 0 radical (unpaired) electrons. The molecule has 3 rings (SSSR count). The monoisotopic (exact) mass is 320 g/mol. The smallest absolute Gasteiger partial charge is 0.291 e. The summed E-state index contributed by atoms with van der Waals surface area (Å²) in [7, 11) is 2.20. The van der Waals surface area contributed by atoms with Crippen molar-refractivity contribution in [1.82, 2.24) is 0 Å². The van der Waals surface area contributed by atoms with Crippen molar-refractivity contribution in [3.8, 4) is 0 Å². The molecule has 0 bridgehead atoms. The SMILES string of the molecule is C[NH+]1CCN(c2ccc(NC(=O)c3ccco3)cc2Cl)CC1. The van der Waals surface area contributed by atoms with E-state index in [-0.39, 0.29) is 11.7 Å². The minimum atomic E-state index is -0.281. The van der Waals surface area contributed by atoms with Crippen molar-refractivity contribution in [2.45, 2.75) is 0 Å². The second kappa shape index (κ2) is 6.42. The number of nitrogens with zero attached hydrogens (tertiary/aromatic N) is 1. The predicted molar refractivity (Wildman–Crippen MR) is 86.9 cm³/mol. The highest BCUT2D eigenvalue weighted by Gasteiger charge is 2.19. The van der Waals surface area contributed by atoms with E-state index >= 15 is 0 Å². The van der Waals surface area contributed by atoms with Crippen LogP contribution in [-0.4, -0.2) is 39.1 Å². The molecule has 2 aromatic rings. The lowest BCUT2D eigenvalue weighted by molar-refractivity contribution is -0.880. The van der Waals surface area contributed by atoms with Crippen molar-refractivity contribution >= 4 is 28.9 Å². The lowest BCUT2D eigenvalue weighted by atomic mass is 10.2. The zero-order valence-corrected chi connectivity index (χ0v) is 13.2. The first-order valence-corrected chi connectivity index (χ1v) is 7.72. The average molecular weight is 321 g/mol. The fraction of sp³-hybridized carbons (Fsp3) is 0.312. The standard InChI is InChI=1S/C16H18ClN3O2/c1-19-6-8-20(9-7-19)14-5-4-12(11-13(14)17)18-16(21)15-3-2-10-22-15/h2-5,10-11H,6-9H2,1H3,(H,18,21)/p+1. The molecule has 22 heavy (non-hydrogen) atoms. The van der Waals surface area contributed by atoms with Crippen LogP contribution in [0.5, 0.6) is 0 Å². The van der Waals surface area contributed by atoms with E-state index in [1.165, 1.54) is 11.2 Å². The molecule has 2 N–H and O–H groups in total. The molecule has 0 aliphatic carbocycles. The Morgan fingerprint density at radius 2 is 2.09 bits per heavy atom. The molecule has 1 saturated heterocycles. The topological polar surface area (TPSA) is 49.9 Å². The Bertz CT molecular complexity index is 649. The van der Waals surface area contributed by atoms with Crippen LogP contribution < -0.4 is 15.1 Å². The highest BCUT2D eigenvalue weighted by Crippen LogP contribution is 2.29. The van der Waals surface area contributed by atoms with Crippen LogP contribution in [0.3, 0.4) is 0 Å². The van der Waals surface area contributed by atoms with Crippen molar-refractivity contribution in [3.63, 3.8) is 0 Å². The van der Waals surface area contributed by atoms with Crippen LogP contribution >= 0.6 is 11.6 Å². The first kappa shape index (κ1) is 14.9. The number of quaternary nitrogens is 1. The summed E-state index contributed by atoms with van der Waals surface area (Å²) in [4.78, 5) is 15.8. The number of furan rings is 1. The van der Waals surface area contributed by atoms with Gasteiger partial charge in [-0.3, -0.25) is 4.79 Å². The van der Waals surface area contributed by atoms with Gasteiger partial charge in [0, 0.05) is 5.69 Å². The summed E-state index contributed by atoms with van der Waals surface area (Å²) in [6.45, 7) is 4.19. The average Bonchev–Trinajstić information content (AvgIpc) is 3.03. The van der Waals surface area contributed by atoms with Gasteiger partial charge >= 0.3 is 0 Å². The third kappa shape index (κ3) is 3.26. The lowest BCUT2D eigenvalue weighted by Gasteiger charge is -2.32. The number of halogens is 1. The summed E-state index contributed by atoms with van der Waals surface area (Å²) >= 11 is 6.38. The number of hydrogen-bond donors (Lipinski definition) is 2. The van der Waals surface area contributed by atoms with Crippen LogP contribution in [-0.2, 0) is 0 Å². The minimum Gasteiger partial charge on any atom is -0.459 e. The molecule has 1 amide bonds. The summed E-state index contributed by atoms with van der Waals surface area (Å²) in [6.07, 6.45) is 1.47. The van der Waals surface area contributed by atoms with Gasteiger partial charge in [-0.1, -0.05) is 11.6 Å². The summed E-state index contributed by atoms with van der Waals surface area (Å²) in [5.41, 5.74) is 1.68. The van der Waals surface area contributed by atoms with Crippen LogP contribution in [0, 0.1) is 0 Å². The van der Waals surface area contributed by atoms with Crippen molar-refractivity contribution < 1.29 is 14.1 Å².